The van der Waals surface area contributed by atoms with Crippen LogP contribution in [-0.2, 0) is 12.8 Å². The monoisotopic (exact) mass is 272 g/mol. The van der Waals surface area contributed by atoms with Gasteiger partial charge in [0, 0.05) is 5.56 Å². The predicted molar refractivity (Wildman–Crippen MR) is 82.6 cm³/mol. The number of rotatable bonds is 6. The smallest absolute Gasteiger partial charge is 0.234 e. The van der Waals surface area contributed by atoms with Crippen LogP contribution in [0.15, 0.2) is 24.3 Å². The molecule has 0 fully saturated rings. The maximum atomic E-state index is 10.1. The van der Waals surface area contributed by atoms with Crippen molar-refractivity contribution in [3.05, 3.63) is 41.1 Å². The van der Waals surface area contributed by atoms with Crippen molar-refractivity contribution in [2.45, 2.75) is 52.9 Å². The van der Waals surface area contributed by atoms with Crippen molar-refractivity contribution in [3.8, 4) is 11.6 Å². The van der Waals surface area contributed by atoms with Gasteiger partial charge in [-0.15, -0.1) is 5.10 Å². The molecule has 1 aromatic carbocycles. The van der Waals surface area contributed by atoms with Gasteiger partial charge in [0.2, 0.25) is 5.88 Å². The van der Waals surface area contributed by atoms with Crippen LogP contribution in [0.4, 0.5) is 0 Å². The van der Waals surface area contributed by atoms with E-state index in [0.717, 1.165) is 49.0 Å². The number of aromatic hydroxyl groups is 1. The summed E-state index contributed by atoms with van der Waals surface area (Å²) in [6.45, 7) is 6.39. The number of hydrogen-bond acceptors (Lipinski definition) is 2. The Bertz CT molecular complexity index is 555. The van der Waals surface area contributed by atoms with E-state index in [1.165, 1.54) is 5.56 Å². The highest BCUT2D eigenvalue weighted by Crippen LogP contribution is 2.26. The molecule has 0 amide bonds. The molecule has 3 nitrogen and oxygen atoms in total. The minimum absolute atomic E-state index is 0.193. The Hall–Kier alpha value is -1.77. The Kier molecular flexibility index (Phi) is 4.83. The highest BCUT2D eigenvalue weighted by molar-refractivity contribution is 5.41. The van der Waals surface area contributed by atoms with E-state index < -0.39 is 0 Å². The van der Waals surface area contributed by atoms with Crippen LogP contribution in [0.1, 0.15) is 49.9 Å². The number of hydrogen-bond donors (Lipinski definition) is 1. The van der Waals surface area contributed by atoms with E-state index in [0.29, 0.717) is 0 Å². The van der Waals surface area contributed by atoms with E-state index in [1.807, 2.05) is 4.68 Å². The molecule has 0 saturated heterocycles. The Morgan fingerprint density at radius 1 is 1.05 bits per heavy atom. The molecule has 0 aliphatic heterocycles. The molecule has 0 radical (unpaired) electrons. The molecule has 0 saturated carbocycles. The van der Waals surface area contributed by atoms with E-state index in [4.69, 9.17) is 0 Å². The lowest BCUT2D eigenvalue weighted by Gasteiger charge is -2.09. The number of nitrogens with zero attached hydrogens (tertiary/aromatic N) is 2. The van der Waals surface area contributed by atoms with E-state index in [2.05, 4.69) is 50.1 Å². The maximum absolute atomic E-state index is 10.1. The van der Waals surface area contributed by atoms with Crippen LogP contribution in [0.2, 0.25) is 0 Å². The fraction of sp³-hybridized carbons (Fsp3) is 0.471. The lowest BCUT2D eigenvalue weighted by molar-refractivity contribution is 0.442. The highest BCUT2D eigenvalue weighted by atomic mass is 16.3. The molecular weight excluding hydrogens is 248 g/mol. The van der Waals surface area contributed by atoms with Gasteiger partial charge >= 0.3 is 0 Å². The summed E-state index contributed by atoms with van der Waals surface area (Å²) in [4.78, 5) is 0. The van der Waals surface area contributed by atoms with Crippen LogP contribution in [-0.4, -0.2) is 14.9 Å². The van der Waals surface area contributed by atoms with Crippen molar-refractivity contribution in [2.24, 2.45) is 0 Å². The molecule has 1 aromatic heterocycles. The number of benzene rings is 1. The Balaban J connectivity index is 2.45. The molecule has 0 bridgehead atoms. The van der Waals surface area contributed by atoms with Gasteiger partial charge in [0.25, 0.3) is 0 Å². The summed E-state index contributed by atoms with van der Waals surface area (Å²) < 4.78 is 1.91. The van der Waals surface area contributed by atoms with Crippen molar-refractivity contribution < 1.29 is 5.11 Å². The van der Waals surface area contributed by atoms with Gasteiger partial charge in [0.15, 0.2) is 0 Å². The van der Waals surface area contributed by atoms with Gasteiger partial charge in [-0.1, -0.05) is 44.4 Å². The predicted octanol–water partition coefficient (Wildman–Crippen LogP) is 4.18. The molecule has 0 spiro atoms. The fourth-order valence-electron chi connectivity index (χ4n) is 2.48. The van der Waals surface area contributed by atoms with Crippen LogP contribution in [0.5, 0.6) is 5.88 Å². The largest absolute Gasteiger partial charge is 0.492 e. The van der Waals surface area contributed by atoms with Crippen LogP contribution in [0.3, 0.4) is 0 Å². The van der Waals surface area contributed by atoms with Gasteiger partial charge in [-0.3, -0.25) is 0 Å². The first kappa shape index (κ1) is 14.6. The summed E-state index contributed by atoms with van der Waals surface area (Å²) in [5.74, 6) is 0.193. The third-order valence-electron chi connectivity index (χ3n) is 3.61. The van der Waals surface area contributed by atoms with Crippen LogP contribution >= 0.6 is 0 Å². The van der Waals surface area contributed by atoms with Crippen molar-refractivity contribution in [1.29, 1.82) is 0 Å². The minimum Gasteiger partial charge on any atom is -0.492 e. The zero-order valence-electron chi connectivity index (χ0n) is 12.7. The zero-order valence-corrected chi connectivity index (χ0v) is 12.7. The second kappa shape index (κ2) is 6.60. The molecule has 0 unspecified atom stereocenters. The lowest BCUT2D eigenvalue weighted by Crippen LogP contribution is -2.04. The minimum atomic E-state index is 0.193. The standard InChI is InChI=1S/C17H24N2O/c1-4-6-8-16-15(7-5-2)17(20)18-19(16)14-11-9-13(3)10-12-14/h9-12H,4-8H2,1-3H3,(H,18,20). The first-order valence-corrected chi connectivity index (χ1v) is 7.54. The van der Waals surface area contributed by atoms with E-state index in [9.17, 15) is 5.11 Å². The first-order valence-electron chi connectivity index (χ1n) is 7.54. The summed E-state index contributed by atoms with van der Waals surface area (Å²) in [6, 6.07) is 8.29. The normalized spacial score (nSPS) is 10.9. The third kappa shape index (κ3) is 3.03. The topological polar surface area (TPSA) is 38.1 Å². The molecule has 0 aliphatic rings. The molecule has 0 atom stereocenters. The number of aromatic nitrogens is 2. The first-order chi connectivity index (χ1) is 9.67. The fourth-order valence-corrected chi connectivity index (χ4v) is 2.48. The van der Waals surface area contributed by atoms with Crippen LogP contribution in [0.25, 0.3) is 5.69 Å². The highest BCUT2D eigenvalue weighted by Gasteiger charge is 2.17. The zero-order chi connectivity index (χ0) is 14.5. The van der Waals surface area contributed by atoms with E-state index in [-0.39, 0.29) is 5.88 Å². The van der Waals surface area contributed by atoms with Crippen molar-refractivity contribution in [1.82, 2.24) is 9.78 Å². The van der Waals surface area contributed by atoms with Gasteiger partial charge in [-0.05, 0) is 38.3 Å². The molecule has 1 N–H and O–H groups in total. The number of aryl methyl sites for hydroxylation is 1. The lowest BCUT2D eigenvalue weighted by atomic mass is 10.1. The molecule has 1 heterocycles. The Morgan fingerprint density at radius 3 is 2.35 bits per heavy atom. The molecule has 20 heavy (non-hydrogen) atoms. The number of unbranched alkanes of at least 4 members (excludes halogenated alkanes) is 1. The van der Waals surface area contributed by atoms with Gasteiger partial charge in [-0.25, -0.2) is 4.68 Å². The molecule has 0 aliphatic carbocycles. The Labute approximate surface area is 121 Å². The average molecular weight is 272 g/mol. The van der Waals surface area contributed by atoms with E-state index in [1.54, 1.807) is 0 Å². The van der Waals surface area contributed by atoms with Crippen LogP contribution < -0.4 is 0 Å². The maximum Gasteiger partial charge on any atom is 0.234 e. The third-order valence-corrected chi connectivity index (χ3v) is 3.61. The average Bonchev–Trinajstić information content (AvgIpc) is 2.75. The van der Waals surface area contributed by atoms with E-state index >= 15 is 0 Å². The molecule has 2 aromatic rings. The Morgan fingerprint density at radius 2 is 1.75 bits per heavy atom. The van der Waals surface area contributed by atoms with Gasteiger partial charge in [0.1, 0.15) is 0 Å². The summed E-state index contributed by atoms with van der Waals surface area (Å²) in [5, 5.41) is 14.5. The molecule has 3 heteroatoms. The summed E-state index contributed by atoms with van der Waals surface area (Å²) in [6.07, 6.45) is 5.13. The van der Waals surface area contributed by atoms with Crippen molar-refractivity contribution in [2.75, 3.05) is 0 Å². The second-order valence-electron chi connectivity index (χ2n) is 5.35. The SMILES string of the molecule is CCCCc1c(CCC)c(O)nn1-c1ccc(C)cc1. The quantitative estimate of drug-likeness (QED) is 0.856. The van der Waals surface area contributed by atoms with Crippen molar-refractivity contribution in [3.63, 3.8) is 0 Å². The summed E-state index contributed by atoms with van der Waals surface area (Å²) in [7, 11) is 0. The summed E-state index contributed by atoms with van der Waals surface area (Å²) in [5.41, 5.74) is 4.44. The van der Waals surface area contributed by atoms with Gasteiger partial charge < -0.3 is 5.11 Å². The van der Waals surface area contributed by atoms with Crippen LogP contribution in [0, 0.1) is 6.92 Å². The van der Waals surface area contributed by atoms with Gasteiger partial charge in [0.05, 0.1) is 11.4 Å². The summed E-state index contributed by atoms with van der Waals surface area (Å²) >= 11 is 0. The molecule has 2 rings (SSSR count). The molecular formula is C17H24N2O. The second-order valence-corrected chi connectivity index (χ2v) is 5.35. The molecule has 108 valence electrons. The van der Waals surface area contributed by atoms with Gasteiger partial charge in [-0.2, -0.15) is 0 Å². The van der Waals surface area contributed by atoms with Crippen molar-refractivity contribution >= 4 is 0 Å².